The molecule has 1 heterocycles. The second kappa shape index (κ2) is 2.90. The van der Waals surface area contributed by atoms with E-state index in [0.717, 1.165) is 5.56 Å². The molecular formula is C9H9N3O. The molecule has 2 aromatic rings. The van der Waals surface area contributed by atoms with Crippen LogP contribution in [0.15, 0.2) is 30.6 Å². The summed E-state index contributed by atoms with van der Waals surface area (Å²) in [7, 11) is 0. The van der Waals surface area contributed by atoms with Crippen LogP contribution < -0.4 is 0 Å². The van der Waals surface area contributed by atoms with Crippen LogP contribution in [0.2, 0.25) is 0 Å². The van der Waals surface area contributed by atoms with E-state index < -0.39 is 0 Å². The number of aromatic hydroxyl groups is 1. The topological polar surface area (TPSA) is 50.9 Å². The lowest BCUT2D eigenvalue weighted by atomic mass is 10.2. The van der Waals surface area contributed by atoms with Gasteiger partial charge in [0.1, 0.15) is 11.4 Å². The highest BCUT2D eigenvalue weighted by molar-refractivity contribution is 5.46. The van der Waals surface area contributed by atoms with Crippen molar-refractivity contribution in [2.75, 3.05) is 0 Å². The van der Waals surface area contributed by atoms with E-state index in [9.17, 15) is 5.11 Å². The zero-order chi connectivity index (χ0) is 9.26. The van der Waals surface area contributed by atoms with E-state index in [1.807, 2.05) is 19.1 Å². The molecule has 2 rings (SSSR count). The maximum Gasteiger partial charge on any atom is 0.143 e. The Morgan fingerprint density at radius 1 is 1.23 bits per heavy atom. The first-order valence-electron chi connectivity index (χ1n) is 3.93. The zero-order valence-corrected chi connectivity index (χ0v) is 7.18. The van der Waals surface area contributed by atoms with Crippen molar-refractivity contribution in [2.24, 2.45) is 0 Å². The minimum atomic E-state index is 0.182. The van der Waals surface area contributed by atoms with Gasteiger partial charge >= 0.3 is 0 Å². The highest BCUT2D eigenvalue weighted by Gasteiger charge is 2.03. The van der Waals surface area contributed by atoms with Gasteiger partial charge in [-0.2, -0.15) is 10.2 Å². The van der Waals surface area contributed by atoms with Gasteiger partial charge in [-0.25, -0.2) is 0 Å². The summed E-state index contributed by atoms with van der Waals surface area (Å²) in [5, 5.41) is 17.4. The summed E-state index contributed by atoms with van der Waals surface area (Å²) in [6, 6.07) is 5.30. The monoisotopic (exact) mass is 175 g/mol. The van der Waals surface area contributed by atoms with Gasteiger partial charge in [-0.1, -0.05) is 6.07 Å². The fourth-order valence-electron chi connectivity index (χ4n) is 1.13. The van der Waals surface area contributed by atoms with Gasteiger partial charge in [-0.05, 0) is 24.6 Å². The Morgan fingerprint density at radius 2 is 1.92 bits per heavy atom. The Labute approximate surface area is 75.4 Å². The summed E-state index contributed by atoms with van der Waals surface area (Å²) in [5.74, 6) is 0.182. The van der Waals surface area contributed by atoms with Gasteiger partial charge in [0, 0.05) is 0 Å². The van der Waals surface area contributed by atoms with E-state index in [1.165, 1.54) is 4.80 Å². The number of phenolic OH excluding ortho intramolecular Hbond substituents is 1. The van der Waals surface area contributed by atoms with Crippen LogP contribution in [-0.4, -0.2) is 20.1 Å². The molecule has 0 fully saturated rings. The number of benzene rings is 1. The van der Waals surface area contributed by atoms with Gasteiger partial charge in [-0.3, -0.25) is 0 Å². The fourth-order valence-corrected chi connectivity index (χ4v) is 1.13. The van der Waals surface area contributed by atoms with Crippen molar-refractivity contribution in [2.45, 2.75) is 6.92 Å². The third-order valence-corrected chi connectivity index (χ3v) is 1.77. The number of aryl methyl sites for hydroxylation is 1. The molecule has 0 bridgehead atoms. The summed E-state index contributed by atoms with van der Waals surface area (Å²) in [6.45, 7) is 1.95. The summed E-state index contributed by atoms with van der Waals surface area (Å²) in [4.78, 5) is 1.39. The molecule has 0 radical (unpaired) electrons. The lowest BCUT2D eigenvalue weighted by molar-refractivity contribution is 0.467. The molecule has 0 saturated heterocycles. The van der Waals surface area contributed by atoms with E-state index in [1.54, 1.807) is 18.5 Å². The van der Waals surface area contributed by atoms with Gasteiger partial charge in [0.05, 0.1) is 12.4 Å². The second-order valence-electron chi connectivity index (χ2n) is 2.81. The lowest BCUT2D eigenvalue weighted by Gasteiger charge is -2.03. The van der Waals surface area contributed by atoms with Crippen molar-refractivity contribution in [1.29, 1.82) is 0 Å². The molecule has 0 saturated carbocycles. The molecule has 0 unspecified atom stereocenters. The van der Waals surface area contributed by atoms with Crippen LogP contribution in [0.3, 0.4) is 0 Å². The molecule has 1 N–H and O–H groups in total. The molecule has 0 aliphatic heterocycles. The molecular weight excluding hydrogens is 166 g/mol. The number of nitrogens with zero attached hydrogens (tertiary/aromatic N) is 3. The van der Waals surface area contributed by atoms with Crippen molar-refractivity contribution in [3.05, 3.63) is 36.2 Å². The molecule has 4 nitrogen and oxygen atoms in total. The van der Waals surface area contributed by atoms with Crippen molar-refractivity contribution in [3.8, 4) is 11.4 Å². The predicted octanol–water partition coefficient (Wildman–Crippen LogP) is 1.28. The Balaban J connectivity index is 2.57. The van der Waals surface area contributed by atoms with Crippen LogP contribution in [0.1, 0.15) is 5.56 Å². The SMILES string of the molecule is Cc1ccc(O)c(-n2nccn2)c1. The zero-order valence-electron chi connectivity index (χ0n) is 7.18. The maximum absolute atomic E-state index is 9.51. The third kappa shape index (κ3) is 1.38. The Kier molecular flexibility index (Phi) is 1.73. The van der Waals surface area contributed by atoms with E-state index in [-0.39, 0.29) is 5.75 Å². The highest BCUT2D eigenvalue weighted by Crippen LogP contribution is 2.20. The first kappa shape index (κ1) is 7.79. The summed E-state index contributed by atoms with van der Waals surface area (Å²) >= 11 is 0. The van der Waals surface area contributed by atoms with Gasteiger partial charge in [0.15, 0.2) is 0 Å². The van der Waals surface area contributed by atoms with Crippen LogP contribution in [0, 0.1) is 6.92 Å². The lowest BCUT2D eigenvalue weighted by Crippen LogP contribution is -1.98. The maximum atomic E-state index is 9.51. The molecule has 1 aromatic carbocycles. The Bertz CT molecular complexity index is 409. The van der Waals surface area contributed by atoms with Gasteiger partial charge in [0.25, 0.3) is 0 Å². The van der Waals surface area contributed by atoms with E-state index >= 15 is 0 Å². The Hall–Kier alpha value is -1.84. The van der Waals surface area contributed by atoms with E-state index in [2.05, 4.69) is 10.2 Å². The van der Waals surface area contributed by atoms with Crippen LogP contribution in [0.5, 0.6) is 5.75 Å². The largest absolute Gasteiger partial charge is 0.506 e. The van der Waals surface area contributed by atoms with Gasteiger partial charge in [0.2, 0.25) is 0 Å². The normalized spacial score (nSPS) is 10.2. The fraction of sp³-hybridized carbons (Fsp3) is 0.111. The van der Waals surface area contributed by atoms with Crippen LogP contribution in [-0.2, 0) is 0 Å². The minimum Gasteiger partial charge on any atom is -0.506 e. The number of hydrogen-bond donors (Lipinski definition) is 1. The first-order chi connectivity index (χ1) is 6.27. The van der Waals surface area contributed by atoms with Crippen molar-refractivity contribution < 1.29 is 5.11 Å². The number of hydrogen-bond acceptors (Lipinski definition) is 3. The molecule has 0 aliphatic carbocycles. The molecule has 66 valence electrons. The quantitative estimate of drug-likeness (QED) is 0.710. The molecule has 1 aromatic heterocycles. The van der Waals surface area contributed by atoms with Crippen molar-refractivity contribution in [1.82, 2.24) is 15.0 Å². The average molecular weight is 175 g/mol. The van der Waals surface area contributed by atoms with Crippen LogP contribution in [0.4, 0.5) is 0 Å². The molecule has 0 amide bonds. The second-order valence-corrected chi connectivity index (χ2v) is 2.81. The Morgan fingerprint density at radius 3 is 2.62 bits per heavy atom. The van der Waals surface area contributed by atoms with E-state index in [0.29, 0.717) is 5.69 Å². The van der Waals surface area contributed by atoms with E-state index in [4.69, 9.17) is 0 Å². The molecule has 13 heavy (non-hydrogen) atoms. The summed E-state index contributed by atoms with van der Waals surface area (Å²) in [5.41, 5.74) is 1.66. The third-order valence-electron chi connectivity index (χ3n) is 1.77. The molecule has 0 aliphatic rings. The predicted molar refractivity (Wildman–Crippen MR) is 47.8 cm³/mol. The smallest absolute Gasteiger partial charge is 0.143 e. The average Bonchev–Trinajstić information content (AvgIpc) is 2.61. The van der Waals surface area contributed by atoms with Crippen molar-refractivity contribution in [3.63, 3.8) is 0 Å². The standard InChI is InChI=1S/C9H9N3O/c1-7-2-3-9(13)8(6-7)12-10-4-5-11-12/h2-6,13H,1H3. The molecule has 0 atom stereocenters. The number of phenols is 1. The highest BCUT2D eigenvalue weighted by atomic mass is 16.3. The molecule has 0 spiro atoms. The number of rotatable bonds is 1. The van der Waals surface area contributed by atoms with Gasteiger partial charge in [-0.15, -0.1) is 4.80 Å². The first-order valence-corrected chi connectivity index (χ1v) is 3.93. The summed E-state index contributed by atoms with van der Waals surface area (Å²) < 4.78 is 0. The van der Waals surface area contributed by atoms with Crippen molar-refractivity contribution >= 4 is 0 Å². The van der Waals surface area contributed by atoms with Gasteiger partial charge < -0.3 is 5.11 Å². The van der Waals surface area contributed by atoms with Crippen LogP contribution in [0.25, 0.3) is 5.69 Å². The molecule has 4 heteroatoms. The minimum absolute atomic E-state index is 0.182. The van der Waals surface area contributed by atoms with Crippen LogP contribution >= 0.6 is 0 Å². The number of aromatic nitrogens is 3. The summed E-state index contributed by atoms with van der Waals surface area (Å²) in [6.07, 6.45) is 3.14.